The first-order valence-corrected chi connectivity index (χ1v) is 8.79. The lowest BCUT2D eigenvalue weighted by atomic mass is 9.88. The van der Waals surface area contributed by atoms with Gasteiger partial charge in [-0.25, -0.2) is 10.2 Å². The normalized spacial score (nSPS) is 19.9. The minimum atomic E-state index is -1.01. The van der Waals surface area contributed by atoms with Crippen LogP contribution in [0.1, 0.15) is 33.0 Å². The van der Waals surface area contributed by atoms with Gasteiger partial charge in [-0.3, -0.25) is 9.59 Å². The summed E-state index contributed by atoms with van der Waals surface area (Å²) in [5.74, 6) is -2.92. The summed E-state index contributed by atoms with van der Waals surface area (Å²) in [5, 5.41) is 15.7. The Hall–Kier alpha value is -3.00. The lowest BCUT2D eigenvalue weighted by Gasteiger charge is -2.15. The molecule has 8 heteroatoms. The molecule has 7 nitrogen and oxygen atoms in total. The molecular weight excluding hydrogens is 354 g/mol. The monoisotopic (exact) mass is 371 g/mol. The van der Waals surface area contributed by atoms with Gasteiger partial charge < -0.3 is 10.4 Å². The van der Waals surface area contributed by atoms with Crippen molar-refractivity contribution in [2.24, 2.45) is 11.0 Å². The van der Waals surface area contributed by atoms with Crippen molar-refractivity contribution in [3.8, 4) is 0 Å². The molecule has 0 radical (unpaired) electrons. The molecule has 2 aromatic rings. The predicted molar refractivity (Wildman–Crippen MR) is 97.3 cm³/mol. The first-order chi connectivity index (χ1) is 12.5. The molecule has 1 aliphatic heterocycles. The first kappa shape index (κ1) is 17.8. The van der Waals surface area contributed by atoms with Crippen molar-refractivity contribution < 1.29 is 19.5 Å². The van der Waals surface area contributed by atoms with Crippen molar-refractivity contribution in [2.75, 3.05) is 6.54 Å². The number of carboxylic acid groups (broad SMARTS) is 1. The van der Waals surface area contributed by atoms with Gasteiger partial charge in [0.05, 0.1) is 10.6 Å². The average molecular weight is 371 g/mol. The highest BCUT2D eigenvalue weighted by Crippen LogP contribution is 2.29. The molecule has 3 N–H and O–H groups in total. The highest BCUT2D eigenvalue weighted by molar-refractivity contribution is 7.15. The molecule has 1 aliphatic rings. The molecule has 134 valence electrons. The number of aromatic carboxylic acids is 1. The van der Waals surface area contributed by atoms with Crippen molar-refractivity contribution in [3.63, 3.8) is 0 Å². The van der Waals surface area contributed by atoms with Gasteiger partial charge in [-0.15, -0.1) is 11.3 Å². The number of hydrazone groups is 1. The molecule has 0 spiro atoms. The molecule has 3 rings (SSSR count). The lowest BCUT2D eigenvalue weighted by molar-refractivity contribution is -0.133. The fourth-order valence-corrected chi connectivity index (χ4v) is 3.63. The number of benzene rings is 1. The van der Waals surface area contributed by atoms with Crippen molar-refractivity contribution in [1.29, 1.82) is 0 Å². The summed E-state index contributed by atoms with van der Waals surface area (Å²) >= 11 is 1.07. The van der Waals surface area contributed by atoms with E-state index in [1.54, 1.807) is 13.0 Å². The molecular formula is C18H17N3O4S. The van der Waals surface area contributed by atoms with Gasteiger partial charge in [0.25, 0.3) is 5.91 Å². The summed E-state index contributed by atoms with van der Waals surface area (Å²) < 4.78 is 0. The Balaban J connectivity index is 1.73. The Kier molecular flexibility index (Phi) is 5.13. The van der Waals surface area contributed by atoms with Crippen LogP contribution in [0.3, 0.4) is 0 Å². The summed E-state index contributed by atoms with van der Waals surface area (Å²) in [6.45, 7) is 2.07. The van der Waals surface area contributed by atoms with Crippen molar-refractivity contribution in [1.82, 2.24) is 10.7 Å². The van der Waals surface area contributed by atoms with Gasteiger partial charge in [-0.1, -0.05) is 30.3 Å². The van der Waals surface area contributed by atoms with E-state index in [2.05, 4.69) is 15.8 Å². The Morgan fingerprint density at radius 2 is 1.88 bits per heavy atom. The zero-order chi connectivity index (χ0) is 18.7. The smallest absolute Gasteiger partial charge is 0.345 e. The number of carbonyl (C=O) groups is 3. The second-order valence-electron chi connectivity index (χ2n) is 5.88. The highest BCUT2D eigenvalue weighted by Gasteiger charge is 2.41. The van der Waals surface area contributed by atoms with E-state index in [0.717, 1.165) is 16.9 Å². The van der Waals surface area contributed by atoms with Gasteiger partial charge in [-0.05, 0) is 24.6 Å². The summed E-state index contributed by atoms with van der Waals surface area (Å²) in [4.78, 5) is 36.4. The van der Waals surface area contributed by atoms with Gasteiger partial charge in [0.2, 0.25) is 5.91 Å². The maximum atomic E-state index is 12.5. The van der Waals surface area contributed by atoms with Crippen LogP contribution in [0.15, 0.2) is 47.6 Å². The Bertz CT molecular complexity index is 876. The average Bonchev–Trinajstić information content (AvgIpc) is 3.27. The van der Waals surface area contributed by atoms with Crippen LogP contribution in [-0.2, 0) is 9.59 Å². The molecule has 2 unspecified atom stereocenters. The summed E-state index contributed by atoms with van der Waals surface area (Å²) in [7, 11) is 0. The second-order valence-corrected chi connectivity index (χ2v) is 6.97. The first-order valence-electron chi connectivity index (χ1n) is 7.97. The van der Waals surface area contributed by atoms with E-state index in [4.69, 9.17) is 5.11 Å². The Labute approximate surface area is 153 Å². The van der Waals surface area contributed by atoms with E-state index in [9.17, 15) is 14.4 Å². The van der Waals surface area contributed by atoms with Gasteiger partial charge in [-0.2, -0.15) is 5.10 Å². The minimum Gasteiger partial charge on any atom is -0.477 e. The van der Waals surface area contributed by atoms with Crippen LogP contribution >= 0.6 is 11.3 Å². The van der Waals surface area contributed by atoms with Crippen LogP contribution in [0.4, 0.5) is 0 Å². The number of nitrogens with one attached hydrogen (secondary N) is 2. The molecule has 1 fully saturated rings. The van der Waals surface area contributed by atoms with Crippen molar-refractivity contribution in [3.05, 3.63) is 57.8 Å². The molecule has 0 aliphatic carbocycles. The molecule has 1 aromatic heterocycles. The predicted octanol–water partition coefficient (Wildman–Crippen LogP) is 1.82. The fraction of sp³-hybridized carbons (Fsp3) is 0.222. The number of amides is 2. The minimum absolute atomic E-state index is 0.195. The maximum Gasteiger partial charge on any atom is 0.345 e. The zero-order valence-electron chi connectivity index (χ0n) is 13.9. The molecule has 0 bridgehead atoms. The molecule has 26 heavy (non-hydrogen) atoms. The van der Waals surface area contributed by atoms with E-state index in [1.165, 1.54) is 6.07 Å². The number of rotatable bonds is 5. The number of hydrogen-bond acceptors (Lipinski definition) is 5. The van der Waals surface area contributed by atoms with Crippen LogP contribution < -0.4 is 10.7 Å². The topological polar surface area (TPSA) is 108 Å². The van der Waals surface area contributed by atoms with E-state index in [1.807, 2.05) is 30.3 Å². The quantitative estimate of drug-likeness (QED) is 0.423. The Morgan fingerprint density at radius 3 is 2.54 bits per heavy atom. The lowest BCUT2D eigenvalue weighted by Crippen LogP contribution is -2.35. The van der Waals surface area contributed by atoms with Crippen molar-refractivity contribution in [2.45, 2.75) is 12.8 Å². The molecule has 2 atom stereocenters. The molecule has 2 amide bonds. The molecule has 0 saturated carbocycles. The van der Waals surface area contributed by atoms with Gasteiger partial charge in [0.15, 0.2) is 0 Å². The van der Waals surface area contributed by atoms with Crippen LogP contribution in [0, 0.1) is 5.92 Å². The second kappa shape index (κ2) is 7.49. The third-order valence-corrected chi connectivity index (χ3v) is 5.38. The maximum absolute atomic E-state index is 12.5. The fourth-order valence-electron chi connectivity index (χ4n) is 2.84. The molecule has 1 saturated heterocycles. The largest absolute Gasteiger partial charge is 0.477 e. The number of thiophene rings is 1. The molecule has 2 heterocycles. The van der Waals surface area contributed by atoms with E-state index >= 15 is 0 Å². The van der Waals surface area contributed by atoms with Gasteiger partial charge in [0.1, 0.15) is 10.8 Å². The van der Waals surface area contributed by atoms with Crippen LogP contribution in [0.2, 0.25) is 0 Å². The third kappa shape index (κ3) is 3.65. The van der Waals surface area contributed by atoms with Crippen LogP contribution in [0.5, 0.6) is 0 Å². The summed E-state index contributed by atoms with van der Waals surface area (Å²) in [6.07, 6.45) is 0. The standard InChI is InChI=1S/C18H17N3O4S/c1-10(13-7-8-14(26-13)18(24)25)20-21-17(23)15-12(9-19-16(15)22)11-5-3-2-4-6-11/h2-8,12,15H,9H2,1H3,(H,19,22)(H,21,23)(H,24,25)/b20-10-. The summed E-state index contributed by atoms with van der Waals surface area (Å²) in [5.41, 5.74) is 3.83. The van der Waals surface area contributed by atoms with Gasteiger partial charge >= 0.3 is 5.97 Å². The van der Waals surface area contributed by atoms with Crippen molar-refractivity contribution >= 4 is 34.8 Å². The summed E-state index contributed by atoms with van der Waals surface area (Å²) in [6, 6.07) is 12.5. The zero-order valence-corrected chi connectivity index (χ0v) is 14.7. The highest BCUT2D eigenvalue weighted by atomic mass is 32.1. The van der Waals surface area contributed by atoms with E-state index < -0.39 is 17.8 Å². The number of carboxylic acids is 1. The van der Waals surface area contributed by atoms with Crippen LogP contribution in [-0.4, -0.2) is 35.1 Å². The van der Waals surface area contributed by atoms with Crippen LogP contribution in [0.25, 0.3) is 0 Å². The number of hydrogen-bond donors (Lipinski definition) is 3. The SMILES string of the molecule is C/C(=N/NC(=O)C1C(=O)NCC1c1ccccc1)c1ccc(C(=O)O)s1. The van der Waals surface area contributed by atoms with E-state index in [0.29, 0.717) is 17.1 Å². The van der Waals surface area contributed by atoms with Gasteiger partial charge in [0, 0.05) is 12.5 Å². The number of carbonyl (C=O) groups excluding carboxylic acids is 2. The van der Waals surface area contributed by atoms with E-state index in [-0.39, 0.29) is 16.7 Å². The Morgan fingerprint density at radius 1 is 1.19 bits per heavy atom. The number of nitrogens with zero attached hydrogens (tertiary/aromatic N) is 1. The molecule has 1 aromatic carbocycles. The third-order valence-electron chi connectivity index (χ3n) is 4.20.